The highest BCUT2D eigenvalue weighted by atomic mass is 32.1. The van der Waals surface area contributed by atoms with Gasteiger partial charge in [0.15, 0.2) is 0 Å². The van der Waals surface area contributed by atoms with E-state index in [1.165, 1.54) is 0 Å². The summed E-state index contributed by atoms with van der Waals surface area (Å²) in [6.07, 6.45) is 0. The van der Waals surface area contributed by atoms with E-state index in [0.29, 0.717) is 23.2 Å². The average Bonchev–Trinajstić information content (AvgIpc) is 2.37. The molecular formula is C7H13N3OS. The first-order valence-corrected chi connectivity index (χ1v) is 4.31. The molecule has 0 amide bonds. The van der Waals surface area contributed by atoms with Gasteiger partial charge in [0.1, 0.15) is 0 Å². The van der Waals surface area contributed by atoms with Crippen LogP contribution < -0.4 is 5.73 Å². The van der Waals surface area contributed by atoms with Crippen LogP contribution in [0, 0.1) is 10.8 Å². The first-order chi connectivity index (χ1) is 5.65. The molecular weight excluding hydrogens is 174 g/mol. The molecule has 1 rings (SSSR count). The summed E-state index contributed by atoms with van der Waals surface area (Å²) in [6, 6.07) is 0. The minimum atomic E-state index is 0.151. The Morgan fingerprint density at radius 3 is 2.67 bits per heavy atom. The SMILES string of the molecule is CC(C)C(CN)c1n[nH]c(=S)o1. The fraction of sp³-hybridized carbons (Fsp3) is 0.714. The third-order valence-electron chi connectivity index (χ3n) is 1.83. The van der Waals surface area contributed by atoms with Crippen molar-refractivity contribution in [3.8, 4) is 0 Å². The molecule has 0 fully saturated rings. The molecule has 1 aromatic heterocycles. The van der Waals surface area contributed by atoms with E-state index in [9.17, 15) is 0 Å². The number of nitrogens with zero attached hydrogens (tertiary/aromatic N) is 1. The predicted molar refractivity (Wildman–Crippen MR) is 48.3 cm³/mol. The Bertz CT molecular complexity index is 291. The maximum absolute atomic E-state index is 5.57. The number of nitrogens with two attached hydrogens (primary N) is 1. The van der Waals surface area contributed by atoms with Crippen LogP contribution in [0.1, 0.15) is 25.7 Å². The van der Waals surface area contributed by atoms with Gasteiger partial charge in [-0.3, -0.25) is 0 Å². The fourth-order valence-corrected chi connectivity index (χ4v) is 1.19. The first-order valence-electron chi connectivity index (χ1n) is 3.90. The maximum atomic E-state index is 5.57. The van der Waals surface area contributed by atoms with E-state index >= 15 is 0 Å². The molecule has 0 aromatic carbocycles. The van der Waals surface area contributed by atoms with Crippen molar-refractivity contribution in [2.45, 2.75) is 19.8 Å². The second-order valence-electron chi connectivity index (χ2n) is 3.04. The smallest absolute Gasteiger partial charge is 0.284 e. The van der Waals surface area contributed by atoms with Crippen molar-refractivity contribution in [3.05, 3.63) is 10.7 Å². The first kappa shape index (κ1) is 9.41. The zero-order valence-electron chi connectivity index (χ0n) is 7.20. The molecule has 0 spiro atoms. The largest absolute Gasteiger partial charge is 0.414 e. The molecule has 0 radical (unpaired) electrons. The number of hydrogen-bond acceptors (Lipinski definition) is 4. The minimum absolute atomic E-state index is 0.151. The van der Waals surface area contributed by atoms with E-state index in [2.05, 4.69) is 24.0 Å². The maximum Gasteiger partial charge on any atom is 0.284 e. The summed E-state index contributed by atoms with van der Waals surface area (Å²) < 4.78 is 5.17. The van der Waals surface area contributed by atoms with Crippen LogP contribution in [0.3, 0.4) is 0 Å². The lowest BCUT2D eigenvalue weighted by molar-refractivity contribution is 0.381. The van der Waals surface area contributed by atoms with Gasteiger partial charge in [-0.05, 0) is 18.1 Å². The van der Waals surface area contributed by atoms with Crippen molar-refractivity contribution >= 4 is 12.2 Å². The number of hydrogen-bond donors (Lipinski definition) is 2. The lowest BCUT2D eigenvalue weighted by Crippen LogP contribution is -2.18. The summed E-state index contributed by atoms with van der Waals surface area (Å²) in [6.45, 7) is 4.68. The predicted octanol–water partition coefficient (Wildman–Crippen LogP) is 1.43. The van der Waals surface area contributed by atoms with E-state index in [1.54, 1.807) is 0 Å². The van der Waals surface area contributed by atoms with Crippen LogP contribution in [0.5, 0.6) is 0 Å². The summed E-state index contributed by atoms with van der Waals surface area (Å²) in [7, 11) is 0. The topological polar surface area (TPSA) is 67.8 Å². The summed E-state index contributed by atoms with van der Waals surface area (Å²) in [5.74, 6) is 1.17. The Morgan fingerprint density at radius 2 is 2.33 bits per heavy atom. The van der Waals surface area contributed by atoms with E-state index in [4.69, 9.17) is 22.4 Å². The van der Waals surface area contributed by atoms with Crippen LogP contribution in [-0.4, -0.2) is 16.7 Å². The molecule has 1 aromatic rings. The molecule has 0 aliphatic rings. The third kappa shape index (κ3) is 1.92. The van der Waals surface area contributed by atoms with E-state index in [-0.39, 0.29) is 5.92 Å². The Kier molecular flexibility index (Phi) is 2.99. The molecule has 68 valence electrons. The van der Waals surface area contributed by atoms with Crippen LogP contribution in [0.15, 0.2) is 4.42 Å². The summed E-state index contributed by atoms with van der Waals surface area (Å²) in [5, 5.41) is 6.51. The van der Waals surface area contributed by atoms with Gasteiger partial charge in [-0.25, -0.2) is 5.10 Å². The van der Waals surface area contributed by atoms with Crippen LogP contribution in [0.4, 0.5) is 0 Å². The van der Waals surface area contributed by atoms with Crippen LogP contribution in [-0.2, 0) is 0 Å². The average molecular weight is 187 g/mol. The van der Waals surface area contributed by atoms with Gasteiger partial charge in [0.2, 0.25) is 5.89 Å². The molecule has 0 saturated heterocycles. The van der Waals surface area contributed by atoms with Crippen LogP contribution in [0.25, 0.3) is 0 Å². The Balaban J connectivity index is 2.87. The van der Waals surface area contributed by atoms with E-state index < -0.39 is 0 Å². The van der Waals surface area contributed by atoms with Gasteiger partial charge in [-0.2, -0.15) is 0 Å². The van der Waals surface area contributed by atoms with Gasteiger partial charge in [0, 0.05) is 6.54 Å². The van der Waals surface area contributed by atoms with Crippen LogP contribution >= 0.6 is 12.2 Å². The van der Waals surface area contributed by atoms with E-state index in [0.717, 1.165) is 0 Å². The molecule has 0 saturated carbocycles. The molecule has 1 heterocycles. The standard InChI is InChI=1S/C7H13N3OS/c1-4(2)5(3-8)6-9-10-7(12)11-6/h4-5H,3,8H2,1-2H3,(H,10,12). The molecule has 5 heteroatoms. The van der Waals surface area contributed by atoms with Gasteiger partial charge in [-0.15, -0.1) is 5.10 Å². The number of nitrogens with one attached hydrogen (secondary N) is 1. The highest BCUT2D eigenvalue weighted by molar-refractivity contribution is 7.71. The normalized spacial score (nSPS) is 13.7. The highest BCUT2D eigenvalue weighted by Gasteiger charge is 2.18. The van der Waals surface area contributed by atoms with Gasteiger partial charge in [-0.1, -0.05) is 13.8 Å². The zero-order chi connectivity index (χ0) is 9.14. The van der Waals surface area contributed by atoms with Gasteiger partial charge in [0.25, 0.3) is 4.84 Å². The number of aromatic nitrogens is 2. The summed E-state index contributed by atoms with van der Waals surface area (Å²) in [5.41, 5.74) is 5.57. The summed E-state index contributed by atoms with van der Waals surface area (Å²) in [4.78, 5) is 0.309. The molecule has 0 aliphatic carbocycles. The van der Waals surface area contributed by atoms with Crippen LogP contribution in [0.2, 0.25) is 0 Å². The highest BCUT2D eigenvalue weighted by Crippen LogP contribution is 2.20. The van der Waals surface area contributed by atoms with E-state index in [1.807, 2.05) is 0 Å². The minimum Gasteiger partial charge on any atom is -0.414 e. The lowest BCUT2D eigenvalue weighted by atomic mass is 9.96. The summed E-state index contributed by atoms with van der Waals surface area (Å²) >= 11 is 4.76. The zero-order valence-corrected chi connectivity index (χ0v) is 8.02. The fourth-order valence-electron chi connectivity index (χ4n) is 1.06. The Hall–Kier alpha value is -0.680. The number of aromatic amines is 1. The van der Waals surface area contributed by atoms with Crippen molar-refractivity contribution < 1.29 is 4.42 Å². The monoisotopic (exact) mass is 187 g/mol. The molecule has 3 N–H and O–H groups in total. The molecule has 1 atom stereocenters. The third-order valence-corrected chi connectivity index (χ3v) is 2.01. The molecule has 12 heavy (non-hydrogen) atoms. The molecule has 1 unspecified atom stereocenters. The number of H-pyrrole nitrogens is 1. The van der Waals surface area contributed by atoms with Crippen molar-refractivity contribution in [1.82, 2.24) is 10.2 Å². The van der Waals surface area contributed by atoms with Gasteiger partial charge in [0.05, 0.1) is 5.92 Å². The quantitative estimate of drug-likeness (QED) is 0.702. The second kappa shape index (κ2) is 3.82. The lowest BCUT2D eigenvalue weighted by Gasteiger charge is -2.13. The molecule has 4 nitrogen and oxygen atoms in total. The van der Waals surface area contributed by atoms with Gasteiger partial charge < -0.3 is 10.2 Å². The van der Waals surface area contributed by atoms with Crippen molar-refractivity contribution in [2.75, 3.05) is 6.54 Å². The van der Waals surface area contributed by atoms with Crippen molar-refractivity contribution in [1.29, 1.82) is 0 Å². The Morgan fingerprint density at radius 1 is 1.67 bits per heavy atom. The van der Waals surface area contributed by atoms with Gasteiger partial charge >= 0.3 is 0 Å². The molecule has 0 aliphatic heterocycles. The van der Waals surface area contributed by atoms with Crippen molar-refractivity contribution in [2.24, 2.45) is 11.7 Å². The Labute approximate surface area is 76.2 Å². The molecule has 0 bridgehead atoms. The van der Waals surface area contributed by atoms with Crippen molar-refractivity contribution in [3.63, 3.8) is 0 Å². The second-order valence-corrected chi connectivity index (χ2v) is 3.41. The number of rotatable bonds is 3.